The second kappa shape index (κ2) is 9.15. The molecule has 0 aromatic heterocycles. The second-order valence-electron chi connectivity index (χ2n) is 5.77. The van der Waals surface area contributed by atoms with E-state index in [0.29, 0.717) is 37.7 Å². The molecule has 0 unspecified atom stereocenters. The summed E-state index contributed by atoms with van der Waals surface area (Å²) >= 11 is 0. The quantitative estimate of drug-likeness (QED) is 0.593. The van der Waals surface area contributed by atoms with Crippen LogP contribution in [0.3, 0.4) is 0 Å². The van der Waals surface area contributed by atoms with Crippen molar-refractivity contribution in [2.75, 3.05) is 19.7 Å². The van der Waals surface area contributed by atoms with Gasteiger partial charge in [0, 0.05) is 19.0 Å². The third kappa shape index (κ3) is 7.15. The first-order chi connectivity index (χ1) is 11.2. The van der Waals surface area contributed by atoms with Gasteiger partial charge in [-0.15, -0.1) is 0 Å². The highest BCUT2D eigenvalue weighted by atomic mass is 16.5. The summed E-state index contributed by atoms with van der Waals surface area (Å²) in [5.74, 6) is 0.639. The van der Waals surface area contributed by atoms with Crippen molar-refractivity contribution in [2.24, 2.45) is 5.73 Å². The summed E-state index contributed by atoms with van der Waals surface area (Å²) in [7, 11) is 0. The molecule has 0 saturated heterocycles. The second-order valence-corrected chi connectivity index (χ2v) is 5.77. The molecule has 2 amide bonds. The predicted octanol–water partition coefficient (Wildman–Crippen LogP) is 0.742. The number of ether oxygens (including phenoxy) is 1. The van der Waals surface area contributed by atoms with E-state index in [1.165, 1.54) is 0 Å². The maximum Gasteiger partial charge on any atom is 0.258 e. The van der Waals surface area contributed by atoms with E-state index in [-0.39, 0.29) is 18.4 Å². The zero-order chi connectivity index (χ0) is 16.5. The minimum absolute atomic E-state index is 0.0390. The van der Waals surface area contributed by atoms with Crippen molar-refractivity contribution in [2.45, 2.75) is 38.1 Å². The van der Waals surface area contributed by atoms with Crippen molar-refractivity contribution in [3.8, 4) is 5.75 Å². The molecule has 1 aromatic rings. The van der Waals surface area contributed by atoms with Crippen LogP contribution in [0.2, 0.25) is 0 Å². The van der Waals surface area contributed by atoms with Crippen LogP contribution in [0.4, 0.5) is 0 Å². The van der Waals surface area contributed by atoms with E-state index in [0.717, 1.165) is 24.8 Å². The molecular weight excluding hydrogens is 294 g/mol. The minimum Gasteiger partial charge on any atom is -0.484 e. The molecular formula is C17H25N3O3. The predicted molar refractivity (Wildman–Crippen MR) is 88.1 cm³/mol. The van der Waals surface area contributed by atoms with Crippen LogP contribution in [0.5, 0.6) is 5.75 Å². The van der Waals surface area contributed by atoms with Gasteiger partial charge < -0.3 is 21.1 Å². The molecule has 6 nitrogen and oxygen atoms in total. The minimum atomic E-state index is -0.0724. The van der Waals surface area contributed by atoms with Crippen LogP contribution in [0, 0.1) is 0 Å². The highest BCUT2D eigenvalue weighted by Crippen LogP contribution is 2.18. The van der Waals surface area contributed by atoms with Crippen LogP contribution in [0.15, 0.2) is 24.3 Å². The first-order valence-electron chi connectivity index (χ1n) is 8.15. The van der Waals surface area contributed by atoms with Gasteiger partial charge in [-0.3, -0.25) is 9.59 Å². The number of amides is 2. The monoisotopic (exact) mass is 319 g/mol. The summed E-state index contributed by atoms with van der Waals surface area (Å²) in [4.78, 5) is 23.0. The van der Waals surface area contributed by atoms with E-state index < -0.39 is 0 Å². The van der Waals surface area contributed by atoms with E-state index in [1.54, 1.807) is 0 Å². The Labute approximate surface area is 136 Å². The molecule has 2 rings (SSSR count). The zero-order valence-electron chi connectivity index (χ0n) is 13.3. The molecule has 0 aliphatic heterocycles. The van der Waals surface area contributed by atoms with Crippen LogP contribution in [0.25, 0.3) is 0 Å². The zero-order valence-corrected chi connectivity index (χ0v) is 13.3. The van der Waals surface area contributed by atoms with Crippen molar-refractivity contribution in [1.82, 2.24) is 10.6 Å². The number of hydrogen-bond donors (Lipinski definition) is 3. The summed E-state index contributed by atoms with van der Waals surface area (Å²) in [6, 6.07) is 7.93. The fraction of sp³-hybridized carbons (Fsp3) is 0.529. The molecule has 1 aromatic carbocycles. The molecule has 0 spiro atoms. The number of nitrogens with two attached hydrogens (primary N) is 1. The van der Waals surface area contributed by atoms with Crippen molar-refractivity contribution < 1.29 is 14.3 Å². The largest absolute Gasteiger partial charge is 0.484 e. The third-order valence-electron chi connectivity index (χ3n) is 3.58. The number of hydrogen-bond acceptors (Lipinski definition) is 4. The van der Waals surface area contributed by atoms with Gasteiger partial charge in [0.05, 0.1) is 0 Å². The standard InChI is InChI=1S/C17H25N3O3/c18-10-1-2-16(21)19-11-9-13-3-7-15(8-4-13)23-12-17(22)20-14-5-6-14/h3-4,7-8,14H,1-2,5-6,9-12,18H2,(H,19,21)(H,20,22). The molecule has 0 bridgehead atoms. The van der Waals surface area contributed by atoms with Gasteiger partial charge in [-0.2, -0.15) is 0 Å². The lowest BCUT2D eigenvalue weighted by molar-refractivity contribution is -0.123. The molecule has 1 aliphatic carbocycles. The summed E-state index contributed by atoms with van der Waals surface area (Å²) in [5.41, 5.74) is 6.47. The Hall–Kier alpha value is -2.08. The van der Waals surface area contributed by atoms with Gasteiger partial charge in [-0.1, -0.05) is 12.1 Å². The number of carbonyl (C=O) groups excluding carboxylic acids is 2. The Morgan fingerprint density at radius 1 is 1.17 bits per heavy atom. The summed E-state index contributed by atoms with van der Waals surface area (Å²) in [6.45, 7) is 1.19. The molecule has 0 atom stereocenters. The Balaban J connectivity index is 1.63. The molecule has 6 heteroatoms. The third-order valence-corrected chi connectivity index (χ3v) is 3.58. The Morgan fingerprint density at radius 3 is 2.57 bits per heavy atom. The van der Waals surface area contributed by atoms with E-state index in [2.05, 4.69) is 10.6 Å². The number of benzene rings is 1. The van der Waals surface area contributed by atoms with Crippen molar-refractivity contribution >= 4 is 11.8 Å². The van der Waals surface area contributed by atoms with Gasteiger partial charge in [0.1, 0.15) is 5.75 Å². The fourth-order valence-electron chi connectivity index (χ4n) is 2.10. The van der Waals surface area contributed by atoms with Crippen molar-refractivity contribution in [3.63, 3.8) is 0 Å². The van der Waals surface area contributed by atoms with E-state index in [1.807, 2.05) is 24.3 Å². The smallest absolute Gasteiger partial charge is 0.258 e. The van der Waals surface area contributed by atoms with E-state index >= 15 is 0 Å². The van der Waals surface area contributed by atoms with Crippen molar-refractivity contribution in [3.05, 3.63) is 29.8 Å². The SMILES string of the molecule is NCCCC(=O)NCCc1ccc(OCC(=O)NC2CC2)cc1. The lowest BCUT2D eigenvalue weighted by atomic mass is 10.1. The molecule has 0 heterocycles. The maximum absolute atomic E-state index is 11.5. The lowest BCUT2D eigenvalue weighted by Gasteiger charge is -2.08. The Bertz CT molecular complexity index is 512. The van der Waals surface area contributed by atoms with E-state index in [4.69, 9.17) is 10.5 Å². The van der Waals surface area contributed by atoms with Crippen LogP contribution >= 0.6 is 0 Å². The average molecular weight is 319 g/mol. The van der Waals surface area contributed by atoms with Gasteiger partial charge >= 0.3 is 0 Å². The van der Waals surface area contributed by atoms with Gasteiger partial charge in [-0.25, -0.2) is 0 Å². The molecule has 4 N–H and O–H groups in total. The van der Waals surface area contributed by atoms with Gasteiger partial charge in [0.15, 0.2) is 6.61 Å². The first-order valence-corrected chi connectivity index (χ1v) is 8.15. The number of nitrogens with one attached hydrogen (secondary N) is 2. The molecule has 126 valence electrons. The van der Waals surface area contributed by atoms with Crippen LogP contribution in [-0.4, -0.2) is 37.6 Å². The fourth-order valence-corrected chi connectivity index (χ4v) is 2.10. The number of carbonyl (C=O) groups is 2. The van der Waals surface area contributed by atoms with Crippen LogP contribution < -0.4 is 21.1 Å². The van der Waals surface area contributed by atoms with Crippen molar-refractivity contribution in [1.29, 1.82) is 0 Å². The average Bonchev–Trinajstić information content (AvgIpc) is 3.36. The molecule has 1 aliphatic rings. The summed E-state index contributed by atoms with van der Waals surface area (Å²) in [6.07, 6.45) is 4.10. The topological polar surface area (TPSA) is 93.5 Å². The Kier molecular flexibility index (Phi) is 6.87. The van der Waals surface area contributed by atoms with Crippen LogP contribution in [-0.2, 0) is 16.0 Å². The molecule has 1 fully saturated rings. The Morgan fingerprint density at radius 2 is 1.91 bits per heavy atom. The van der Waals surface area contributed by atoms with Gasteiger partial charge in [0.2, 0.25) is 5.91 Å². The highest BCUT2D eigenvalue weighted by molar-refractivity contribution is 5.78. The maximum atomic E-state index is 11.5. The van der Waals surface area contributed by atoms with Gasteiger partial charge in [-0.05, 0) is 49.9 Å². The lowest BCUT2D eigenvalue weighted by Crippen LogP contribution is -2.30. The van der Waals surface area contributed by atoms with E-state index in [9.17, 15) is 9.59 Å². The molecule has 0 radical (unpaired) electrons. The number of rotatable bonds is 10. The van der Waals surface area contributed by atoms with Crippen LogP contribution in [0.1, 0.15) is 31.2 Å². The first kappa shape index (κ1) is 17.3. The molecule has 23 heavy (non-hydrogen) atoms. The van der Waals surface area contributed by atoms with Gasteiger partial charge in [0.25, 0.3) is 5.91 Å². The highest BCUT2D eigenvalue weighted by Gasteiger charge is 2.23. The summed E-state index contributed by atoms with van der Waals surface area (Å²) in [5, 5.41) is 5.74. The molecule has 1 saturated carbocycles. The summed E-state index contributed by atoms with van der Waals surface area (Å²) < 4.78 is 5.44. The normalized spacial score (nSPS) is 13.4.